The van der Waals surface area contributed by atoms with E-state index in [4.69, 9.17) is 11.2 Å². The van der Waals surface area contributed by atoms with Crippen LogP contribution >= 0.6 is 11.3 Å². The van der Waals surface area contributed by atoms with Crippen LogP contribution in [0.4, 0.5) is 9.93 Å². The molecule has 0 saturated heterocycles. The predicted octanol–water partition coefficient (Wildman–Crippen LogP) is 2.31. The summed E-state index contributed by atoms with van der Waals surface area (Å²) in [5.74, 6) is 1.43. The van der Waals surface area contributed by atoms with Crippen LogP contribution in [0.1, 0.15) is 31.3 Å². The van der Waals surface area contributed by atoms with Crippen LogP contribution in [0.3, 0.4) is 0 Å². The first-order valence-electron chi connectivity index (χ1n) is 4.78. The van der Waals surface area contributed by atoms with Crippen molar-refractivity contribution in [1.29, 1.82) is 0 Å². The van der Waals surface area contributed by atoms with E-state index in [1.165, 1.54) is 5.38 Å². The van der Waals surface area contributed by atoms with Gasteiger partial charge in [0, 0.05) is 5.38 Å². The van der Waals surface area contributed by atoms with Gasteiger partial charge in [-0.05, 0) is 26.7 Å². The average Bonchev–Trinajstić information content (AvgIpc) is 2.62. The molecule has 90 valence electrons. The van der Waals surface area contributed by atoms with Crippen LogP contribution in [0.15, 0.2) is 5.38 Å². The van der Waals surface area contributed by atoms with E-state index in [0.717, 1.165) is 11.3 Å². The van der Waals surface area contributed by atoms with Crippen LogP contribution in [0.2, 0.25) is 0 Å². The summed E-state index contributed by atoms with van der Waals surface area (Å²) in [6.07, 6.45) is 4.33. The van der Waals surface area contributed by atoms with Gasteiger partial charge in [-0.3, -0.25) is 10.1 Å². The van der Waals surface area contributed by atoms with Gasteiger partial charge in [0.2, 0.25) is 0 Å². The monoisotopic (exact) mass is 252 g/mol. The summed E-state index contributed by atoms with van der Waals surface area (Å²) < 4.78 is 5.03. The average molecular weight is 252 g/mol. The lowest BCUT2D eigenvalue weighted by Gasteiger charge is -2.18. The van der Waals surface area contributed by atoms with Crippen molar-refractivity contribution in [3.05, 3.63) is 11.1 Å². The van der Waals surface area contributed by atoms with Gasteiger partial charge in [-0.15, -0.1) is 17.8 Å². The third-order valence-corrected chi connectivity index (χ3v) is 2.23. The van der Waals surface area contributed by atoms with Gasteiger partial charge in [0.05, 0.1) is 0 Å². The Morgan fingerprint density at radius 1 is 1.53 bits per heavy atom. The van der Waals surface area contributed by atoms with Crippen molar-refractivity contribution in [3.8, 4) is 12.3 Å². The SMILES string of the molecule is C#CC(=O)c1csc(NC(=O)OC(C)(C)C)n1. The van der Waals surface area contributed by atoms with Crippen molar-refractivity contribution in [1.82, 2.24) is 4.98 Å². The van der Waals surface area contributed by atoms with Crippen LogP contribution in [-0.4, -0.2) is 22.5 Å². The van der Waals surface area contributed by atoms with Crippen molar-refractivity contribution in [3.63, 3.8) is 0 Å². The number of ether oxygens (including phenoxy) is 1. The molecule has 0 atom stereocenters. The third-order valence-electron chi connectivity index (χ3n) is 1.48. The number of carbonyl (C=O) groups is 2. The van der Waals surface area contributed by atoms with Crippen LogP contribution in [0, 0.1) is 12.3 Å². The van der Waals surface area contributed by atoms with E-state index in [2.05, 4.69) is 10.3 Å². The Bertz CT molecular complexity index is 480. The molecule has 17 heavy (non-hydrogen) atoms. The van der Waals surface area contributed by atoms with Gasteiger partial charge >= 0.3 is 6.09 Å². The lowest BCUT2D eigenvalue weighted by atomic mass is 10.2. The van der Waals surface area contributed by atoms with Gasteiger partial charge in [-0.1, -0.05) is 0 Å². The molecule has 0 radical (unpaired) electrons. The quantitative estimate of drug-likeness (QED) is 0.498. The van der Waals surface area contributed by atoms with Crippen molar-refractivity contribution in [2.75, 3.05) is 5.32 Å². The Balaban J connectivity index is 2.65. The lowest BCUT2D eigenvalue weighted by molar-refractivity contribution is 0.0635. The van der Waals surface area contributed by atoms with Crippen LogP contribution in [0.5, 0.6) is 0 Å². The predicted molar refractivity (Wildman–Crippen MR) is 65.1 cm³/mol. The first-order chi connectivity index (χ1) is 7.81. The molecular weight excluding hydrogens is 240 g/mol. The highest BCUT2D eigenvalue weighted by atomic mass is 32.1. The second-order valence-corrected chi connectivity index (χ2v) is 5.00. The van der Waals surface area contributed by atoms with Gasteiger partial charge < -0.3 is 4.74 Å². The first kappa shape index (κ1) is 13.2. The third kappa shape index (κ3) is 4.25. The van der Waals surface area contributed by atoms with E-state index >= 15 is 0 Å². The number of rotatable bonds is 2. The van der Waals surface area contributed by atoms with E-state index in [1.807, 2.05) is 5.92 Å². The maximum absolute atomic E-state index is 11.4. The summed E-state index contributed by atoms with van der Waals surface area (Å²) in [5.41, 5.74) is -0.442. The van der Waals surface area contributed by atoms with Crippen LogP contribution in [0.25, 0.3) is 0 Å². The molecule has 0 spiro atoms. The van der Waals surface area contributed by atoms with E-state index in [9.17, 15) is 9.59 Å². The molecule has 1 heterocycles. The highest BCUT2D eigenvalue weighted by molar-refractivity contribution is 7.14. The fraction of sp³-hybridized carbons (Fsp3) is 0.364. The largest absolute Gasteiger partial charge is 0.444 e. The maximum Gasteiger partial charge on any atom is 0.413 e. The standard InChI is InChI=1S/C11H12N2O3S/c1-5-8(14)7-6-17-9(12-7)13-10(15)16-11(2,3)4/h1,6H,2-4H3,(H,12,13,15). The number of hydrogen-bond donors (Lipinski definition) is 1. The van der Waals surface area contributed by atoms with Crippen molar-refractivity contribution >= 4 is 28.3 Å². The molecule has 1 aromatic heterocycles. The van der Waals surface area contributed by atoms with E-state index in [1.54, 1.807) is 20.8 Å². The molecule has 0 aliphatic carbocycles. The summed E-state index contributed by atoms with van der Waals surface area (Å²) in [5, 5.41) is 4.18. The normalized spacial score (nSPS) is 10.5. The molecule has 1 amide bonds. The Morgan fingerprint density at radius 3 is 2.71 bits per heavy atom. The number of hydrogen-bond acceptors (Lipinski definition) is 5. The molecule has 1 N–H and O–H groups in total. The van der Waals surface area contributed by atoms with Gasteiger partial charge in [-0.25, -0.2) is 9.78 Å². The van der Waals surface area contributed by atoms with Gasteiger partial charge in [-0.2, -0.15) is 0 Å². The highest BCUT2D eigenvalue weighted by Crippen LogP contribution is 2.17. The number of aromatic nitrogens is 1. The molecule has 0 aliphatic heterocycles. The zero-order chi connectivity index (χ0) is 13.1. The minimum absolute atomic E-state index is 0.142. The molecule has 5 nitrogen and oxygen atoms in total. The minimum atomic E-state index is -0.619. The van der Waals surface area contributed by atoms with Gasteiger partial charge in [0.1, 0.15) is 11.3 Å². The Hall–Kier alpha value is -1.87. The van der Waals surface area contributed by atoms with Crippen molar-refractivity contribution in [2.45, 2.75) is 26.4 Å². The second-order valence-electron chi connectivity index (χ2n) is 4.14. The number of terminal acetylenes is 1. The van der Waals surface area contributed by atoms with Gasteiger partial charge in [0.15, 0.2) is 5.13 Å². The molecule has 1 aromatic rings. The summed E-state index contributed by atoms with van der Waals surface area (Å²) in [4.78, 5) is 26.4. The van der Waals surface area contributed by atoms with E-state index in [-0.39, 0.29) is 10.8 Å². The summed E-state index contributed by atoms with van der Waals surface area (Å²) in [6.45, 7) is 5.26. The number of nitrogens with zero attached hydrogens (tertiary/aromatic N) is 1. The number of carbonyl (C=O) groups excluding carboxylic acids is 2. The van der Waals surface area contributed by atoms with Crippen LogP contribution < -0.4 is 5.32 Å². The summed E-state index contributed by atoms with van der Waals surface area (Å²) >= 11 is 1.11. The molecule has 1 rings (SSSR count). The molecule has 0 fully saturated rings. The highest BCUT2D eigenvalue weighted by Gasteiger charge is 2.17. The minimum Gasteiger partial charge on any atom is -0.444 e. The Kier molecular flexibility index (Phi) is 3.86. The molecule has 0 bridgehead atoms. The number of thiazole rings is 1. The van der Waals surface area contributed by atoms with E-state index < -0.39 is 17.5 Å². The second kappa shape index (κ2) is 4.97. The molecule has 0 unspecified atom stereocenters. The molecule has 6 heteroatoms. The van der Waals surface area contributed by atoms with Crippen molar-refractivity contribution in [2.24, 2.45) is 0 Å². The lowest BCUT2D eigenvalue weighted by Crippen LogP contribution is -2.27. The van der Waals surface area contributed by atoms with Crippen LogP contribution in [-0.2, 0) is 4.74 Å². The Labute approximate surface area is 103 Å². The first-order valence-corrected chi connectivity index (χ1v) is 5.66. The summed E-state index contributed by atoms with van der Waals surface area (Å²) in [7, 11) is 0. The molecule has 0 aliphatic rings. The number of amides is 1. The number of nitrogens with one attached hydrogen (secondary N) is 1. The smallest absolute Gasteiger partial charge is 0.413 e. The van der Waals surface area contributed by atoms with Crippen molar-refractivity contribution < 1.29 is 14.3 Å². The zero-order valence-electron chi connectivity index (χ0n) is 9.73. The van der Waals surface area contributed by atoms with E-state index in [0.29, 0.717) is 0 Å². The summed E-state index contributed by atoms with van der Waals surface area (Å²) in [6, 6.07) is 0. The van der Waals surface area contributed by atoms with Gasteiger partial charge in [0.25, 0.3) is 5.78 Å². The maximum atomic E-state index is 11.4. The topological polar surface area (TPSA) is 68.3 Å². The molecular formula is C11H12N2O3S. The zero-order valence-corrected chi connectivity index (χ0v) is 10.6. The Morgan fingerprint density at radius 2 is 2.18 bits per heavy atom. The molecule has 0 saturated carbocycles. The number of Topliss-reactive ketones (excluding diaryl/α,β-unsaturated/α-hetero) is 1. The fourth-order valence-electron chi connectivity index (χ4n) is 0.900. The fourth-order valence-corrected chi connectivity index (χ4v) is 1.58. The number of ketones is 1. The number of anilines is 1. The molecule has 0 aromatic carbocycles.